The van der Waals surface area contributed by atoms with Gasteiger partial charge < -0.3 is 15.4 Å². The lowest BCUT2D eigenvalue weighted by atomic mass is 9.88. The summed E-state index contributed by atoms with van der Waals surface area (Å²) in [5, 5.41) is 0. The maximum absolute atomic E-state index is 11.3. The van der Waals surface area contributed by atoms with Gasteiger partial charge in [-0.3, -0.25) is 4.79 Å². The molecule has 0 spiro atoms. The highest BCUT2D eigenvalue weighted by atomic mass is 16.5. The van der Waals surface area contributed by atoms with Crippen LogP contribution >= 0.6 is 0 Å². The van der Waals surface area contributed by atoms with E-state index in [1.165, 1.54) is 7.11 Å². The zero-order valence-corrected chi connectivity index (χ0v) is 12.0. The van der Waals surface area contributed by atoms with E-state index in [2.05, 4.69) is 18.7 Å². The number of hydrogen-bond donors (Lipinski definition) is 1. The Morgan fingerprint density at radius 2 is 2.06 bits per heavy atom. The number of carbonyl (C=O) groups is 1. The predicted octanol–water partition coefficient (Wildman–Crippen LogP) is 1.49. The van der Waals surface area contributed by atoms with Gasteiger partial charge in [0.15, 0.2) is 0 Å². The molecule has 0 radical (unpaired) electrons. The summed E-state index contributed by atoms with van der Waals surface area (Å²) in [5.41, 5.74) is 5.90. The van der Waals surface area contributed by atoms with Gasteiger partial charge in [-0.2, -0.15) is 0 Å². The van der Waals surface area contributed by atoms with E-state index in [4.69, 9.17) is 10.5 Å². The molecular weight excluding hydrogens is 216 g/mol. The Bertz CT molecular complexity index is 229. The number of methoxy groups -OCH3 is 1. The summed E-state index contributed by atoms with van der Waals surface area (Å²) >= 11 is 0. The normalized spacial score (nSPS) is 13.8. The molecule has 0 saturated carbocycles. The fourth-order valence-corrected chi connectivity index (χ4v) is 1.76. The van der Waals surface area contributed by atoms with Gasteiger partial charge in [0, 0.05) is 6.54 Å². The molecule has 102 valence electrons. The Labute approximate surface area is 105 Å². The van der Waals surface area contributed by atoms with Crippen LogP contribution in [0, 0.1) is 11.3 Å². The number of hydrogen-bond acceptors (Lipinski definition) is 4. The van der Waals surface area contributed by atoms with Crippen molar-refractivity contribution in [1.29, 1.82) is 0 Å². The molecule has 0 aromatic rings. The topological polar surface area (TPSA) is 55.6 Å². The van der Waals surface area contributed by atoms with E-state index in [0.29, 0.717) is 0 Å². The molecule has 4 heteroatoms. The summed E-state index contributed by atoms with van der Waals surface area (Å²) in [6.45, 7) is 8.72. The number of nitrogens with two attached hydrogens (primary N) is 1. The van der Waals surface area contributed by atoms with Crippen molar-refractivity contribution in [2.24, 2.45) is 17.1 Å². The molecule has 0 heterocycles. The van der Waals surface area contributed by atoms with E-state index in [1.54, 1.807) is 0 Å². The molecule has 0 rings (SSSR count). The average Bonchev–Trinajstić information content (AvgIpc) is 2.27. The van der Waals surface area contributed by atoms with Crippen molar-refractivity contribution in [1.82, 2.24) is 4.90 Å². The van der Waals surface area contributed by atoms with Gasteiger partial charge in [-0.05, 0) is 38.4 Å². The molecular formula is C13H28N2O2. The molecule has 0 aromatic carbocycles. The lowest BCUT2D eigenvalue weighted by Gasteiger charge is -2.25. The van der Waals surface area contributed by atoms with E-state index >= 15 is 0 Å². The molecule has 0 bridgehead atoms. The zero-order valence-electron chi connectivity index (χ0n) is 12.0. The largest absolute Gasteiger partial charge is 0.469 e. The smallest absolute Gasteiger partial charge is 0.309 e. The summed E-state index contributed by atoms with van der Waals surface area (Å²) < 4.78 is 4.71. The van der Waals surface area contributed by atoms with Crippen LogP contribution in [0.5, 0.6) is 0 Å². The van der Waals surface area contributed by atoms with Gasteiger partial charge in [0.2, 0.25) is 0 Å². The fourth-order valence-electron chi connectivity index (χ4n) is 1.76. The maximum atomic E-state index is 11.3. The van der Waals surface area contributed by atoms with Crippen LogP contribution in [0.15, 0.2) is 0 Å². The molecule has 2 N–H and O–H groups in total. The van der Waals surface area contributed by atoms with Crippen LogP contribution in [0.1, 0.15) is 33.6 Å². The quantitative estimate of drug-likeness (QED) is 0.657. The van der Waals surface area contributed by atoms with Crippen LogP contribution in [0.3, 0.4) is 0 Å². The number of nitrogens with zero attached hydrogens (tertiary/aromatic N) is 1. The molecule has 1 unspecified atom stereocenters. The van der Waals surface area contributed by atoms with Crippen molar-refractivity contribution in [3.63, 3.8) is 0 Å². The molecule has 17 heavy (non-hydrogen) atoms. The highest BCUT2D eigenvalue weighted by molar-refractivity contribution is 5.71. The van der Waals surface area contributed by atoms with E-state index in [9.17, 15) is 4.79 Å². The van der Waals surface area contributed by atoms with Crippen LogP contribution in [0.4, 0.5) is 0 Å². The number of carbonyl (C=O) groups excluding carboxylic acids is 1. The van der Waals surface area contributed by atoms with Crippen molar-refractivity contribution >= 4 is 5.97 Å². The third-order valence-electron chi connectivity index (χ3n) is 3.14. The third-order valence-corrected chi connectivity index (χ3v) is 3.14. The minimum Gasteiger partial charge on any atom is -0.469 e. The molecule has 0 aromatic heterocycles. The van der Waals surface area contributed by atoms with Crippen LogP contribution in [-0.4, -0.2) is 44.7 Å². The number of esters is 1. The Kier molecular flexibility index (Phi) is 7.39. The Balaban J connectivity index is 3.80. The molecule has 0 aliphatic carbocycles. The summed E-state index contributed by atoms with van der Waals surface area (Å²) in [7, 11) is 3.47. The second kappa shape index (κ2) is 7.67. The maximum Gasteiger partial charge on any atom is 0.309 e. The summed E-state index contributed by atoms with van der Waals surface area (Å²) in [6.07, 6.45) is 2.22. The first-order valence-corrected chi connectivity index (χ1v) is 6.29. The minimum absolute atomic E-state index is 0.0625. The van der Waals surface area contributed by atoms with Gasteiger partial charge in [-0.25, -0.2) is 0 Å². The first-order chi connectivity index (χ1) is 7.82. The van der Waals surface area contributed by atoms with E-state index < -0.39 is 0 Å². The standard InChI is InChI=1S/C13H28N2O2/c1-11(12(16)17-5)9-15(4)8-6-7-13(2,3)10-14/h11H,6-10,14H2,1-5H3. The minimum atomic E-state index is -0.140. The highest BCUT2D eigenvalue weighted by Gasteiger charge is 2.17. The first-order valence-electron chi connectivity index (χ1n) is 6.29. The van der Waals surface area contributed by atoms with Gasteiger partial charge in [0.1, 0.15) is 0 Å². The van der Waals surface area contributed by atoms with Gasteiger partial charge in [0.05, 0.1) is 13.0 Å². The van der Waals surface area contributed by atoms with Crippen LogP contribution in [0.25, 0.3) is 0 Å². The van der Waals surface area contributed by atoms with Crippen molar-refractivity contribution in [3.05, 3.63) is 0 Å². The fraction of sp³-hybridized carbons (Fsp3) is 0.923. The molecule has 0 amide bonds. The number of rotatable bonds is 8. The zero-order chi connectivity index (χ0) is 13.5. The molecule has 1 atom stereocenters. The predicted molar refractivity (Wildman–Crippen MR) is 70.7 cm³/mol. The molecule has 0 aliphatic rings. The van der Waals surface area contributed by atoms with E-state index in [-0.39, 0.29) is 17.3 Å². The second-order valence-corrected chi connectivity index (χ2v) is 5.66. The Hall–Kier alpha value is -0.610. The SMILES string of the molecule is COC(=O)C(C)CN(C)CCCC(C)(C)CN. The van der Waals surface area contributed by atoms with Crippen molar-refractivity contribution in [2.45, 2.75) is 33.6 Å². The van der Waals surface area contributed by atoms with Crippen molar-refractivity contribution in [3.8, 4) is 0 Å². The van der Waals surface area contributed by atoms with Gasteiger partial charge >= 0.3 is 5.97 Å². The molecule has 0 saturated heterocycles. The molecule has 4 nitrogen and oxygen atoms in total. The average molecular weight is 244 g/mol. The van der Waals surface area contributed by atoms with Crippen LogP contribution in [-0.2, 0) is 9.53 Å². The van der Waals surface area contributed by atoms with Gasteiger partial charge in [0.25, 0.3) is 0 Å². The van der Waals surface area contributed by atoms with Gasteiger partial charge in [-0.15, -0.1) is 0 Å². The highest BCUT2D eigenvalue weighted by Crippen LogP contribution is 2.20. The van der Waals surface area contributed by atoms with Gasteiger partial charge in [-0.1, -0.05) is 20.8 Å². The monoisotopic (exact) mass is 244 g/mol. The van der Waals surface area contributed by atoms with Crippen LogP contribution < -0.4 is 5.73 Å². The van der Waals surface area contributed by atoms with Crippen molar-refractivity contribution in [2.75, 3.05) is 33.8 Å². The van der Waals surface area contributed by atoms with Crippen LogP contribution in [0.2, 0.25) is 0 Å². The summed E-state index contributed by atoms with van der Waals surface area (Å²) in [4.78, 5) is 13.4. The summed E-state index contributed by atoms with van der Waals surface area (Å²) in [5.74, 6) is -0.202. The lowest BCUT2D eigenvalue weighted by molar-refractivity contribution is -0.145. The third kappa shape index (κ3) is 7.34. The summed E-state index contributed by atoms with van der Waals surface area (Å²) in [6, 6.07) is 0. The molecule has 0 aliphatic heterocycles. The number of ether oxygens (including phenoxy) is 1. The Morgan fingerprint density at radius 3 is 2.53 bits per heavy atom. The first kappa shape index (κ1) is 16.4. The molecule has 0 fully saturated rings. The lowest BCUT2D eigenvalue weighted by Crippen LogP contribution is -2.31. The van der Waals surface area contributed by atoms with E-state index in [0.717, 1.165) is 32.5 Å². The van der Waals surface area contributed by atoms with E-state index in [1.807, 2.05) is 14.0 Å². The second-order valence-electron chi connectivity index (χ2n) is 5.66. The Morgan fingerprint density at radius 1 is 1.47 bits per heavy atom. The van der Waals surface area contributed by atoms with Crippen molar-refractivity contribution < 1.29 is 9.53 Å².